The average molecular weight is 198 g/mol. The highest BCUT2D eigenvalue weighted by molar-refractivity contribution is 4.64. The van der Waals surface area contributed by atoms with E-state index in [-0.39, 0.29) is 12.6 Å². The zero-order valence-corrected chi connectivity index (χ0v) is 8.28. The zero-order valence-electron chi connectivity index (χ0n) is 8.28. The third-order valence-corrected chi connectivity index (χ3v) is 1.86. The van der Waals surface area contributed by atoms with Crippen molar-refractivity contribution in [2.75, 3.05) is 27.2 Å². The SMILES string of the molecule is CNC(C)CN(C)CCC(F)(F)F. The predicted octanol–water partition coefficient (Wildman–Crippen LogP) is 1.48. The van der Waals surface area contributed by atoms with Gasteiger partial charge >= 0.3 is 6.18 Å². The number of alkyl halides is 3. The molecule has 0 bridgehead atoms. The number of halogens is 3. The maximum Gasteiger partial charge on any atom is 0.390 e. The van der Waals surface area contributed by atoms with Crippen LogP contribution in [0.15, 0.2) is 0 Å². The Balaban J connectivity index is 3.57. The molecule has 0 heterocycles. The Morgan fingerprint density at radius 1 is 1.38 bits per heavy atom. The molecule has 1 unspecified atom stereocenters. The summed E-state index contributed by atoms with van der Waals surface area (Å²) in [6.07, 6.45) is -4.78. The van der Waals surface area contributed by atoms with Crippen LogP contribution in [-0.4, -0.2) is 44.3 Å². The van der Waals surface area contributed by atoms with Crippen molar-refractivity contribution in [3.05, 3.63) is 0 Å². The van der Waals surface area contributed by atoms with Crippen LogP contribution in [0.1, 0.15) is 13.3 Å². The Morgan fingerprint density at radius 2 is 1.92 bits per heavy atom. The second kappa shape index (κ2) is 5.44. The van der Waals surface area contributed by atoms with Gasteiger partial charge in [0.1, 0.15) is 0 Å². The molecule has 0 saturated carbocycles. The van der Waals surface area contributed by atoms with E-state index in [4.69, 9.17) is 0 Å². The van der Waals surface area contributed by atoms with E-state index in [0.29, 0.717) is 6.54 Å². The van der Waals surface area contributed by atoms with Crippen LogP contribution in [-0.2, 0) is 0 Å². The Morgan fingerprint density at radius 3 is 2.31 bits per heavy atom. The number of rotatable bonds is 5. The largest absolute Gasteiger partial charge is 0.390 e. The lowest BCUT2D eigenvalue weighted by atomic mass is 10.3. The molecule has 2 nitrogen and oxygen atoms in total. The molecule has 0 aliphatic rings. The molecule has 0 radical (unpaired) electrons. The van der Waals surface area contributed by atoms with Crippen LogP contribution in [0.2, 0.25) is 0 Å². The Hall–Kier alpha value is -0.290. The first-order valence-electron chi connectivity index (χ1n) is 4.27. The highest BCUT2D eigenvalue weighted by atomic mass is 19.4. The molecular formula is C8H17F3N2. The number of hydrogen-bond donors (Lipinski definition) is 1. The topological polar surface area (TPSA) is 15.3 Å². The summed E-state index contributed by atoms with van der Waals surface area (Å²) >= 11 is 0. The van der Waals surface area contributed by atoms with E-state index in [9.17, 15) is 13.2 Å². The molecule has 0 aliphatic carbocycles. The lowest BCUT2D eigenvalue weighted by Crippen LogP contribution is -2.36. The molecule has 0 aromatic rings. The molecule has 13 heavy (non-hydrogen) atoms. The summed E-state index contributed by atoms with van der Waals surface area (Å²) in [5.41, 5.74) is 0. The lowest BCUT2D eigenvalue weighted by molar-refractivity contribution is -0.137. The second-order valence-electron chi connectivity index (χ2n) is 3.32. The molecule has 5 heteroatoms. The van der Waals surface area contributed by atoms with E-state index >= 15 is 0 Å². The first kappa shape index (κ1) is 12.7. The third-order valence-electron chi connectivity index (χ3n) is 1.86. The van der Waals surface area contributed by atoms with Gasteiger partial charge in [-0.25, -0.2) is 0 Å². The molecule has 0 saturated heterocycles. The molecule has 0 amide bonds. The quantitative estimate of drug-likeness (QED) is 0.719. The fraction of sp³-hybridized carbons (Fsp3) is 1.00. The summed E-state index contributed by atoms with van der Waals surface area (Å²) in [7, 11) is 3.49. The summed E-state index contributed by atoms with van der Waals surface area (Å²) < 4.78 is 35.4. The Labute approximate surface area is 77.1 Å². The summed E-state index contributed by atoms with van der Waals surface area (Å²) in [5, 5.41) is 2.97. The number of nitrogens with zero attached hydrogens (tertiary/aromatic N) is 1. The monoisotopic (exact) mass is 198 g/mol. The van der Waals surface area contributed by atoms with Gasteiger partial charge in [0.2, 0.25) is 0 Å². The minimum absolute atomic E-state index is 0.0650. The van der Waals surface area contributed by atoms with E-state index in [0.717, 1.165) is 0 Å². The van der Waals surface area contributed by atoms with E-state index in [1.807, 2.05) is 6.92 Å². The van der Waals surface area contributed by atoms with E-state index in [1.54, 1.807) is 19.0 Å². The van der Waals surface area contributed by atoms with E-state index in [1.165, 1.54) is 0 Å². The van der Waals surface area contributed by atoms with Gasteiger partial charge in [-0.05, 0) is 21.0 Å². The molecule has 0 rings (SSSR count). The summed E-state index contributed by atoms with van der Waals surface area (Å²) in [5.74, 6) is 0. The predicted molar refractivity (Wildman–Crippen MR) is 46.7 cm³/mol. The number of nitrogens with one attached hydrogen (secondary N) is 1. The molecule has 0 aromatic heterocycles. The van der Waals surface area contributed by atoms with Crippen molar-refractivity contribution in [3.8, 4) is 0 Å². The van der Waals surface area contributed by atoms with Gasteiger partial charge in [0.05, 0.1) is 6.42 Å². The molecule has 1 N–H and O–H groups in total. The summed E-state index contributed by atoms with van der Waals surface area (Å²) in [6.45, 7) is 2.63. The van der Waals surface area contributed by atoms with Crippen molar-refractivity contribution >= 4 is 0 Å². The van der Waals surface area contributed by atoms with Crippen LogP contribution in [0.3, 0.4) is 0 Å². The smallest absolute Gasteiger partial charge is 0.316 e. The van der Waals surface area contributed by atoms with Crippen molar-refractivity contribution in [3.63, 3.8) is 0 Å². The molecule has 0 aliphatic heterocycles. The zero-order chi connectivity index (χ0) is 10.5. The van der Waals surface area contributed by atoms with Crippen molar-refractivity contribution in [1.29, 1.82) is 0 Å². The van der Waals surface area contributed by atoms with Crippen molar-refractivity contribution in [2.24, 2.45) is 0 Å². The van der Waals surface area contributed by atoms with Gasteiger partial charge < -0.3 is 10.2 Å². The fourth-order valence-electron chi connectivity index (χ4n) is 0.968. The van der Waals surface area contributed by atoms with Crippen molar-refractivity contribution in [1.82, 2.24) is 10.2 Å². The van der Waals surface area contributed by atoms with Gasteiger partial charge in [-0.3, -0.25) is 0 Å². The molecule has 0 aromatic carbocycles. The molecule has 1 atom stereocenters. The standard InChI is InChI=1S/C8H17F3N2/c1-7(12-2)6-13(3)5-4-8(9,10)11/h7,12H,4-6H2,1-3H3. The molecule has 0 fully saturated rings. The van der Waals surface area contributed by atoms with Crippen LogP contribution in [0.5, 0.6) is 0 Å². The summed E-state index contributed by atoms with van der Waals surface area (Å²) in [6, 6.07) is 0.221. The van der Waals surface area contributed by atoms with E-state index in [2.05, 4.69) is 5.32 Å². The van der Waals surface area contributed by atoms with Crippen LogP contribution < -0.4 is 5.32 Å². The third kappa shape index (κ3) is 8.05. The highest BCUT2D eigenvalue weighted by Gasteiger charge is 2.27. The Kier molecular flexibility index (Phi) is 5.32. The number of likely N-dealkylation sites (N-methyl/N-ethyl adjacent to an activating group) is 2. The van der Waals surface area contributed by atoms with Gasteiger partial charge in [-0.1, -0.05) is 0 Å². The van der Waals surface area contributed by atoms with Crippen LogP contribution in [0.4, 0.5) is 13.2 Å². The van der Waals surface area contributed by atoms with Crippen molar-refractivity contribution < 1.29 is 13.2 Å². The van der Waals surface area contributed by atoms with Gasteiger partial charge in [0.25, 0.3) is 0 Å². The highest BCUT2D eigenvalue weighted by Crippen LogP contribution is 2.19. The molecule has 80 valence electrons. The average Bonchev–Trinajstić information content (AvgIpc) is 1.99. The van der Waals surface area contributed by atoms with Gasteiger partial charge in [-0.2, -0.15) is 13.2 Å². The maximum absolute atomic E-state index is 11.8. The minimum Gasteiger partial charge on any atom is -0.316 e. The number of hydrogen-bond acceptors (Lipinski definition) is 2. The van der Waals surface area contributed by atoms with Gasteiger partial charge in [0, 0.05) is 19.1 Å². The van der Waals surface area contributed by atoms with Crippen LogP contribution in [0, 0.1) is 0 Å². The minimum atomic E-state index is -4.04. The van der Waals surface area contributed by atoms with Gasteiger partial charge in [0.15, 0.2) is 0 Å². The molecule has 0 spiro atoms. The Bertz CT molecular complexity index is 136. The molecular weight excluding hydrogens is 181 g/mol. The normalized spacial score (nSPS) is 15.0. The van der Waals surface area contributed by atoms with Crippen LogP contribution >= 0.6 is 0 Å². The van der Waals surface area contributed by atoms with Gasteiger partial charge in [-0.15, -0.1) is 0 Å². The van der Waals surface area contributed by atoms with Crippen molar-refractivity contribution in [2.45, 2.75) is 25.6 Å². The first-order valence-corrected chi connectivity index (χ1v) is 4.27. The van der Waals surface area contributed by atoms with Crippen LogP contribution in [0.25, 0.3) is 0 Å². The van der Waals surface area contributed by atoms with E-state index < -0.39 is 12.6 Å². The maximum atomic E-state index is 11.8. The second-order valence-corrected chi connectivity index (χ2v) is 3.32. The fourth-order valence-corrected chi connectivity index (χ4v) is 0.968. The summed E-state index contributed by atoms with van der Waals surface area (Å²) in [4.78, 5) is 1.68. The first-order chi connectivity index (χ1) is 5.85. The lowest BCUT2D eigenvalue weighted by Gasteiger charge is -2.21.